The zero-order chi connectivity index (χ0) is 12.7. The fourth-order valence-corrected chi connectivity index (χ4v) is 3.53. The average molecular weight is 243 g/mol. The van der Waals surface area contributed by atoms with Gasteiger partial charge in [0, 0.05) is 19.0 Å². The van der Waals surface area contributed by atoms with Gasteiger partial charge in [-0.3, -0.25) is 4.84 Å². The second-order valence-electron chi connectivity index (χ2n) is 5.75. The number of hydrogen-bond acceptors (Lipinski definition) is 2. The van der Waals surface area contributed by atoms with Gasteiger partial charge in [0.1, 0.15) is 0 Å². The van der Waals surface area contributed by atoms with Gasteiger partial charge in [0.25, 0.3) is 0 Å². The van der Waals surface area contributed by atoms with Crippen LogP contribution in [0.5, 0.6) is 0 Å². The van der Waals surface area contributed by atoms with Crippen molar-refractivity contribution in [1.29, 1.82) is 0 Å². The first-order valence-corrected chi connectivity index (χ1v) is 6.75. The Morgan fingerprint density at radius 3 is 2.78 bits per heavy atom. The van der Waals surface area contributed by atoms with Crippen LogP contribution in [-0.2, 0) is 4.84 Å². The zero-order valence-electron chi connectivity index (χ0n) is 11.2. The van der Waals surface area contributed by atoms with Gasteiger partial charge in [0.05, 0.1) is 6.61 Å². The minimum Gasteiger partial charge on any atom is -0.295 e. The Hall–Kier alpha value is -1.12. The lowest BCUT2D eigenvalue weighted by atomic mass is 9.88. The van der Waals surface area contributed by atoms with E-state index in [1.807, 2.05) is 6.92 Å². The lowest BCUT2D eigenvalue weighted by Gasteiger charge is -2.31. The van der Waals surface area contributed by atoms with Crippen molar-refractivity contribution < 1.29 is 4.84 Å². The molecule has 3 unspecified atom stereocenters. The molecule has 2 aliphatic carbocycles. The first-order chi connectivity index (χ1) is 8.66. The molecule has 0 saturated heterocycles. The maximum atomic E-state index is 5.79. The number of hydroxylamine groups is 2. The summed E-state index contributed by atoms with van der Waals surface area (Å²) in [5.74, 6) is 1.40. The molecule has 0 aromatic heterocycles. The normalized spacial score (nSPS) is 28.7. The highest BCUT2D eigenvalue weighted by Gasteiger charge is 2.45. The van der Waals surface area contributed by atoms with Gasteiger partial charge in [-0.1, -0.05) is 36.4 Å². The number of benzene rings is 1. The summed E-state index contributed by atoms with van der Waals surface area (Å²) in [5, 5.41) is 2.06. The molecule has 2 heteroatoms. The van der Waals surface area contributed by atoms with E-state index < -0.39 is 0 Å². The molecular formula is C16H21NO. The number of nitrogens with zero attached hydrogens (tertiary/aromatic N) is 1. The molecule has 2 bridgehead atoms. The van der Waals surface area contributed by atoms with Crippen molar-refractivity contribution in [3.8, 4) is 0 Å². The lowest BCUT2D eigenvalue weighted by Crippen LogP contribution is -2.35. The summed E-state index contributed by atoms with van der Waals surface area (Å²) in [6.45, 7) is 6.52. The SMILES string of the molecule is C=C(C)CON(C)C1CC2CC1c1ccccc12. The Labute approximate surface area is 109 Å². The van der Waals surface area contributed by atoms with Crippen LogP contribution in [0.1, 0.15) is 42.7 Å². The Balaban J connectivity index is 1.74. The predicted octanol–water partition coefficient (Wildman–Crippen LogP) is 3.47. The maximum Gasteiger partial charge on any atom is 0.0890 e. The van der Waals surface area contributed by atoms with E-state index in [2.05, 4.69) is 43.0 Å². The van der Waals surface area contributed by atoms with Gasteiger partial charge in [-0.15, -0.1) is 0 Å². The van der Waals surface area contributed by atoms with Crippen molar-refractivity contribution in [3.63, 3.8) is 0 Å². The van der Waals surface area contributed by atoms with E-state index in [4.69, 9.17) is 4.84 Å². The molecule has 1 saturated carbocycles. The highest BCUT2D eigenvalue weighted by Crippen LogP contribution is 2.54. The standard InChI is InChI=1S/C16H21NO/c1-11(2)10-18-17(3)16-9-12-8-15(16)14-7-5-4-6-13(12)14/h4-7,12,15-16H,1,8-10H2,2-3H3. The third kappa shape index (κ3) is 1.90. The summed E-state index contributed by atoms with van der Waals surface area (Å²) in [7, 11) is 2.07. The molecule has 1 aromatic carbocycles. The molecule has 0 spiro atoms. The molecule has 0 aliphatic heterocycles. The number of likely N-dealkylation sites (N-methyl/N-ethyl adjacent to an activating group) is 1. The van der Waals surface area contributed by atoms with E-state index in [1.54, 1.807) is 11.1 Å². The molecular weight excluding hydrogens is 222 g/mol. The summed E-state index contributed by atoms with van der Waals surface area (Å²) in [6, 6.07) is 9.44. The van der Waals surface area contributed by atoms with Gasteiger partial charge < -0.3 is 0 Å². The van der Waals surface area contributed by atoms with Crippen LogP contribution in [0.25, 0.3) is 0 Å². The molecule has 0 radical (unpaired) electrons. The van der Waals surface area contributed by atoms with Crippen LogP contribution >= 0.6 is 0 Å². The molecule has 1 fully saturated rings. The van der Waals surface area contributed by atoms with Crippen LogP contribution in [0.15, 0.2) is 36.4 Å². The number of rotatable bonds is 4. The predicted molar refractivity (Wildman–Crippen MR) is 73.5 cm³/mol. The topological polar surface area (TPSA) is 12.5 Å². The molecule has 0 N–H and O–H groups in total. The van der Waals surface area contributed by atoms with Crippen molar-refractivity contribution in [2.75, 3.05) is 13.7 Å². The van der Waals surface area contributed by atoms with Crippen LogP contribution in [0.3, 0.4) is 0 Å². The monoisotopic (exact) mass is 243 g/mol. The van der Waals surface area contributed by atoms with Gasteiger partial charge in [0.15, 0.2) is 0 Å². The van der Waals surface area contributed by atoms with Gasteiger partial charge >= 0.3 is 0 Å². The fraction of sp³-hybridized carbons (Fsp3) is 0.500. The average Bonchev–Trinajstić information content (AvgIpc) is 2.95. The largest absolute Gasteiger partial charge is 0.295 e. The molecule has 18 heavy (non-hydrogen) atoms. The van der Waals surface area contributed by atoms with Gasteiger partial charge in [-0.25, -0.2) is 0 Å². The van der Waals surface area contributed by atoms with Crippen molar-refractivity contribution in [2.24, 2.45) is 0 Å². The number of fused-ring (bicyclic) bond motifs is 5. The number of hydrogen-bond donors (Lipinski definition) is 0. The quantitative estimate of drug-likeness (QED) is 0.593. The Bertz CT molecular complexity index is 468. The van der Waals surface area contributed by atoms with Crippen molar-refractivity contribution in [2.45, 2.75) is 37.6 Å². The minimum absolute atomic E-state index is 0.532. The summed E-state index contributed by atoms with van der Waals surface area (Å²) in [5.41, 5.74) is 4.20. The summed E-state index contributed by atoms with van der Waals surface area (Å²) in [6.07, 6.45) is 2.53. The second kappa shape index (κ2) is 4.52. The molecule has 3 rings (SSSR count). The Morgan fingerprint density at radius 1 is 1.33 bits per heavy atom. The molecule has 2 aliphatic rings. The van der Waals surface area contributed by atoms with Crippen molar-refractivity contribution >= 4 is 0 Å². The van der Waals surface area contributed by atoms with Crippen molar-refractivity contribution in [3.05, 3.63) is 47.5 Å². The Morgan fingerprint density at radius 2 is 2.06 bits per heavy atom. The van der Waals surface area contributed by atoms with Crippen LogP contribution < -0.4 is 0 Å². The molecule has 0 heterocycles. The van der Waals surface area contributed by atoms with Crippen LogP contribution in [-0.4, -0.2) is 24.8 Å². The van der Waals surface area contributed by atoms with Gasteiger partial charge in [0.2, 0.25) is 0 Å². The van der Waals surface area contributed by atoms with E-state index in [9.17, 15) is 0 Å². The Kier molecular flexibility index (Phi) is 3.00. The molecule has 2 nitrogen and oxygen atoms in total. The van der Waals surface area contributed by atoms with Gasteiger partial charge in [-0.2, -0.15) is 5.06 Å². The summed E-state index contributed by atoms with van der Waals surface area (Å²) >= 11 is 0. The van der Waals surface area contributed by atoms with E-state index in [1.165, 1.54) is 12.8 Å². The van der Waals surface area contributed by atoms with Gasteiger partial charge in [-0.05, 0) is 36.8 Å². The third-order valence-corrected chi connectivity index (χ3v) is 4.35. The minimum atomic E-state index is 0.532. The smallest absolute Gasteiger partial charge is 0.0890 e. The highest BCUT2D eigenvalue weighted by atomic mass is 16.7. The first kappa shape index (κ1) is 11.9. The maximum absolute atomic E-state index is 5.79. The zero-order valence-corrected chi connectivity index (χ0v) is 11.2. The molecule has 0 amide bonds. The lowest BCUT2D eigenvalue weighted by molar-refractivity contribution is -0.162. The van der Waals surface area contributed by atoms with E-state index in [-0.39, 0.29) is 0 Å². The second-order valence-corrected chi connectivity index (χ2v) is 5.75. The fourth-order valence-electron chi connectivity index (χ4n) is 3.53. The van der Waals surface area contributed by atoms with Crippen molar-refractivity contribution in [1.82, 2.24) is 5.06 Å². The highest BCUT2D eigenvalue weighted by molar-refractivity contribution is 5.42. The van der Waals surface area contributed by atoms with E-state index >= 15 is 0 Å². The van der Waals surface area contributed by atoms with E-state index in [0.29, 0.717) is 18.6 Å². The van der Waals surface area contributed by atoms with Crippen LogP contribution in [0.4, 0.5) is 0 Å². The first-order valence-electron chi connectivity index (χ1n) is 6.75. The summed E-state index contributed by atoms with van der Waals surface area (Å²) in [4.78, 5) is 5.79. The van der Waals surface area contributed by atoms with Crippen LogP contribution in [0.2, 0.25) is 0 Å². The van der Waals surface area contributed by atoms with Crippen LogP contribution in [0, 0.1) is 0 Å². The molecule has 1 aromatic rings. The third-order valence-electron chi connectivity index (χ3n) is 4.35. The summed E-state index contributed by atoms with van der Waals surface area (Å²) < 4.78 is 0. The molecule has 96 valence electrons. The van der Waals surface area contributed by atoms with E-state index in [0.717, 1.165) is 11.5 Å². The molecule has 3 atom stereocenters.